The predicted octanol–water partition coefficient (Wildman–Crippen LogP) is 11.5. The van der Waals surface area contributed by atoms with Crippen LogP contribution in [-0.4, -0.2) is 15.0 Å². The molecular weight excluding hydrogens is 611 g/mol. The van der Waals surface area contributed by atoms with Crippen LogP contribution in [0, 0.1) is 0 Å². The van der Waals surface area contributed by atoms with E-state index in [2.05, 4.69) is 92.7 Å². The lowest BCUT2D eigenvalue weighted by Gasteiger charge is -2.28. The topological polar surface area (TPSA) is 38.7 Å². The van der Waals surface area contributed by atoms with Crippen LogP contribution in [-0.2, 0) is 5.41 Å². The predicted molar refractivity (Wildman–Crippen MR) is 194 cm³/mol. The standard InChI is InChI=1S/C42H29N3S2/c1-42(2)33-25-29(20-21-31(33)32-22-23-36-38(37(32)42)47-35-19-10-9-18-34(35)46-36)28-16-11-17-30(24-28)41-44-39(26-12-5-3-6-13-26)43-40(45-41)27-14-7-4-8-15-27/h3-25H,1-2H3. The lowest BCUT2D eigenvalue weighted by molar-refractivity contribution is 0.642. The van der Waals surface area contributed by atoms with E-state index in [0.717, 1.165) is 22.3 Å². The average Bonchev–Trinajstić information content (AvgIpc) is 3.37. The first kappa shape index (κ1) is 28.3. The van der Waals surface area contributed by atoms with Gasteiger partial charge in [0.1, 0.15) is 0 Å². The van der Waals surface area contributed by atoms with Crippen molar-refractivity contribution in [1.82, 2.24) is 15.0 Å². The molecule has 1 aliphatic carbocycles. The summed E-state index contributed by atoms with van der Waals surface area (Å²) >= 11 is 3.81. The van der Waals surface area contributed by atoms with Crippen LogP contribution in [0.2, 0.25) is 0 Å². The number of nitrogens with zero attached hydrogens (tertiary/aromatic N) is 3. The highest BCUT2D eigenvalue weighted by Crippen LogP contribution is 2.58. The third-order valence-corrected chi connectivity index (χ3v) is 11.8. The molecule has 9 rings (SSSR count). The summed E-state index contributed by atoms with van der Waals surface area (Å²) in [7, 11) is 0. The van der Waals surface area contributed by atoms with Crippen molar-refractivity contribution in [3.63, 3.8) is 0 Å². The van der Waals surface area contributed by atoms with Crippen molar-refractivity contribution in [2.45, 2.75) is 38.8 Å². The second kappa shape index (κ2) is 11.1. The molecular formula is C42H29N3S2. The first-order valence-corrected chi connectivity index (χ1v) is 17.4. The molecule has 0 bridgehead atoms. The summed E-state index contributed by atoms with van der Waals surface area (Å²) in [4.78, 5) is 20.2. The summed E-state index contributed by atoms with van der Waals surface area (Å²) in [5.41, 5.74) is 10.6. The van der Waals surface area contributed by atoms with Crippen molar-refractivity contribution in [2.24, 2.45) is 0 Å². The first-order valence-electron chi connectivity index (χ1n) is 15.8. The van der Waals surface area contributed by atoms with Gasteiger partial charge in [-0.2, -0.15) is 0 Å². The van der Waals surface area contributed by atoms with E-state index in [1.165, 1.54) is 47.4 Å². The zero-order valence-electron chi connectivity index (χ0n) is 25.9. The molecule has 7 aromatic rings. The Kier molecular flexibility index (Phi) is 6.66. The zero-order valence-corrected chi connectivity index (χ0v) is 27.6. The van der Waals surface area contributed by atoms with Crippen LogP contribution in [0.1, 0.15) is 25.0 Å². The number of rotatable bonds is 4. The van der Waals surface area contributed by atoms with Gasteiger partial charge >= 0.3 is 0 Å². The number of hydrogen-bond acceptors (Lipinski definition) is 5. The molecule has 224 valence electrons. The fraction of sp³-hybridized carbons (Fsp3) is 0.0714. The summed E-state index contributed by atoms with van der Waals surface area (Å²) in [5, 5.41) is 0. The maximum atomic E-state index is 4.97. The molecule has 3 nitrogen and oxygen atoms in total. The molecule has 0 saturated heterocycles. The summed E-state index contributed by atoms with van der Waals surface area (Å²) in [6.07, 6.45) is 0. The molecule has 0 N–H and O–H groups in total. The molecule has 1 aliphatic heterocycles. The number of benzene rings is 6. The molecule has 1 aromatic heterocycles. The van der Waals surface area contributed by atoms with Crippen molar-refractivity contribution < 1.29 is 0 Å². The first-order chi connectivity index (χ1) is 23.0. The Morgan fingerprint density at radius 2 is 0.957 bits per heavy atom. The fourth-order valence-corrected chi connectivity index (χ4v) is 9.38. The molecule has 0 atom stereocenters. The maximum Gasteiger partial charge on any atom is 0.164 e. The minimum absolute atomic E-state index is 0.132. The third kappa shape index (κ3) is 4.81. The Morgan fingerprint density at radius 1 is 0.426 bits per heavy atom. The van der Waals surface area contributed by atoms with E-state index in [-0.39, 0.29) is 5.41 Å². The Morgan fingerprint density at radius 3 is 1.64 bits per heavy atom. The Bertz CT molecular complexity index is 2270. The van der Waals surface area contributed by atoms with Crippen LogP contribution in [0.3, 0.4) is 0 Å². The van der Waals surface area contributed by atoms with Crippen molar-refractivity contribution in [1.29, 1.82) is 0 Å². The highest BCUT2D eigenvalue weighted by Gasteiger charge is 2.39. The van der Waals surface area contributed by atoms with Gasteiger partial charge in [-0.05, 0) is 63.7 Å². The van der Waals surface area contributed by atoms with Gasteiger partial charge in [0.05, 0.1) is 0 Å². The normalized spacial score (nSPS) is 13.7. The second-order valence-corrected chi connectivity index (χ2v) is 14.6. The van der Waals surface area contributed by atoms with Gasteiger partial charge in [-0.1, -0.05) is 147 Å². The smallest absolute Gasteiger partial charge is 0.164 e. The summed E-state index contributed by atoms with van der Waals surface area (Å²) < 4.78 is 0. The van der Waals surface area contributed by atoms with Crippen molar-refractivity contribution in [2.75, 3.05) is 0 Å². The van der Waals surface area contributed by atoms with Crippen LogP contribution in [0.4, 0.5) is 0 Å². The van der Waals surface area contributed by atoms with Gasteiger partial charge in [0.2, 0.25) is 0 Å². The van der Waals surface area contributed by atoms with E-state index in [1.807, 2.05) is 84.2 Å². The fourth-order valence-electron chi connectivity index (χ4n) is 6.82. The van der Waals surface area contributed by atoms with Crippen LogP contribution in [0.15, 0.2) is 159 Å². The van der Waals surface area contributed by atoms with Crippen molar-refractivity contribution in [3.8, 4) is 56.4 Å². The third-order valence-electron chi connectivity index (χ3n) is 9.16. The summed E-state index contributed by atoms with van der Waals surface area (Å²) in [6, 6.07) is 49.2. The summed E-state index contributed by atoms with van der Waals surface area (Å²) in [5.74, 6) is 1.99. The van der Waals surface area contributed by atoms with Crippen LogP contribution >= 0.6 is 23.5 Å². The SMILES string of the molecule is CC1(C)c2cc(-c3cccc(-c4nc(-c5ccccc5)nc(-c5ccccc5)n4)c3)ccc2-c2ccc3c(c21)Sc1ccccc1S3. The minimum atomic E-state index is -0.132. The van der Waals surface area contributed by atoms with Crippen molar-refractivity contribution in [3.05, 3.63) is 151 Å². The lowest BCUT2D eigenvalue weighted by Crippen LogP contribution is -2.17. The molecule has 6 aromatic carbocycles. The molecule has 0 spiro atoms. The van der Waals surface area contributed by atoms with E-state index in [0.29, 0.717) is 17.5 Å². The van der Waals surface area contributed by atoms with E-state index in [1.54, 1.807) is 0 Å². The van der Waals surface area contributed by atoms with Crippen LogP contribution in [0.25, 0.3) is 56.4 Å². The van der Waals surface area contributed by atoms with Crippen LogP contribution in [0.5, 0.6) is 0 Å². The van der Waals surface area contributed by atoms with E-state index in [4.69, 9.17) is 15.0 Å². The second-order valence-electron chi connectivity index (χ2n) is 12.5. The van der Waals surface area contributed by atoms with Gasteiger partial charge in [-0.15, -0.1) is 0 Å². The Balaban J connectivity index is 1.12. The lowest BCUT2D eigenvalue weighted by atomic mass is 9.81. The quantitative estimate of drug-likeness (QED) is 0.192. The largest absolute Gasteiger partial charge is 0.208 e. The van der Waals surface area contributed by atoms with Gasteiger partial charge in [-0.3, -0.25) is 0 Å². The number of aromatic nitrogens is 3. The van der Waals surface area contributed by atoms with E-state index in [9.17, 15) is 0 Å². The molecule has 0 radical (unpaired) electrons. The number of fused-ring (bicyclic) bond motifs is 6. The Labute approximate surface area is 283 Å². The molecule has 2 heterocycles. The van der Waals surface area contributed by atoms with Crippen molar-refractivity contribution >= 4 is 23.5 Å². The Hall–Kier alpha value is -4.97. The molecule has 0 saturated carbocycles. The molecule has 5 heteroatoms. The van der Waals surface area contributed by atoms with Gasteiger partial charge < -0.3 is 0 Å². The zero-order chi connectivity index (χ0) is 31.5. The maximum absolute atomic E-state index is 4.97. The monoisotopic (exact) mass is 639 g/mol. The highest BCUT2D eigenvalue weighted by atomic mass is 32.2. The molecule has 2 aliphatic rings. The van der Waals surface area contributed by atoms with Gasteiger partial charge in [-0.25, -0.2) is 15.0 Å². The molecule has 0 unspecified atom stereocenters. The van der Waals surface area contributed by atoms with E-state index < -0.39 is 0 Å². The van der Waals surface area contributed by atoms with Crippen LogP contribution < -0.4 is 0 Å². The van der Waals surface area contributed by atoms with Gasteiger partial charge in [0.25, 0.3) is 0 Å². The van der Waals surface area contributed by atoms with Gasteiger partial charge in [0, 0.05) is 41.7 Å². The minimum Gasteiger partial charge on any atom is -0.208 e. The average molecular weight is 640 g/mol. The van der Waals surface area contributed by atoms with Gasteiger partial charge in [0.15, 0.2) is 17.5 Å². The highest BCUT2D eigenvalue weighted by molar-refractivity contribution is 8.05. The molecule has 0 fully saturated rings. The summed E-state index contributed by atoms with van der Waals surface area (Å²) in [6.45, 7) is 4.76. The molecule has 0 amide bonds. The van der Waals surface area contributed by atoms with E-state index >= 15 is 0 Å². The molecule has 47 heavy (non-hydrogen) atoms. The number of hydrogen-bond donors (Lipinski definition) is 0.